The first-order valence-corrected chi connectivity index (χ1v) is 6.97. The molecule has 2 rings (SSSR count). The molecule has 0 amide bonds. The number of hydrogen-bond donors (Lipinski definition) is 0. The molecule has 0 bridgehead atoms. The van der Waals surface area contributed by atoms with E-state index in [1.54, 1.807) is 12.3 Å². The van der Waals surface area contributed by atoms with Gasteiger partial charge in [-0.15, -0.1) is 0 Å². The number of nitrogens with zero attached hydrogens (tertiary/aromatic N) is 2. The second kappa shape index (κ2) is 6.27. The molecule has 0 radical (unpaired) electrons. The van der Waals surface area contributed by atoms with Gasteiger partial charge in [-0.3, -0.25) is 4.98 Å². The van der Waals surface area contributed by atoms with E-state index < -0.39 is 0 Å². The zero-order valence-electron chi connectivity index (χ0n) is 11.0. The van der Waals surface area contributed by atoms with Crippen LogP contribution in [0.4, 0.5) is 5.69 Å². The van der Waals surface area contributed by atoms with Crippen LogP contribution in [0.15, 0.2) is 42.7 Å². The Hall–Kier alpha value is -1.25. The van der Waals surface area contributed by atoms with Crippen molar-refractivity contribution < 1.29 is 0 Å². The lowest BCUT2D eigenvalue weighted by Crippen LogP contribution is -2.23. The standard InChI is InChI=1S/C15H16Cl2N2/c1-3-15(13-7-6-11(16)9-14(13)17)19(2)12-5-4-8-18-10-12/h4-10,15H,3H2,1-2H3. The minimum Gasteiger partial charge on any atom is -0.366 e. The van der Waals surface area contributed by atoms with Gasteiger partial charge in [-0.2, -0.15) is 0 Å². The SMILES string of the molecule is CCC(c1ccc(Cl)cc1Cl)N(C)c1cccnc1. The van der Waals surface area contributed by atoms with Crippen LogP contribution in [0.25, 0.3) is 0 Å². The Morgan fingerprint density at radius 2 is 2.05 bits per heavy atom. The Bertz CT molecular complexity index is 543. The minimum atomic E-state index is 0.203. The fraction of sp³-hybridized carbons (Fsp3) is 0.267. The quantitative estimate of drug-likeness (QED) is 0.791. The van der Waals surface area contributed by atoms with Gasteiger partial charge in [-0.25, -0.2) is 0 Å². The predicted octanol–water partition coefficient (Wildman–Crippen LogP) is 4.98. The summed E-state index contributed by atoms with van der Waals surface area (Å²) in [5.74, 6) is 0. The van der Waals surface area contributed by atoms with E-state index in [9.17, 15) is 0 Å². The fourth-order valence-corrected chi connectivity index (χ4v) is 2.75. The van der Waals surface area contributed by atoms with Gasteiger partial charge in [0.15, 0.2) is 0 Å². The molecule has 0 aliphatic carbocycles. The third kappa shape index (κ3) is 3.20. The maximum Gasteiger partial charge on any atom is 0.0555 e. The molecular weight excluding hydrogens is 279 g/mol. The number of rotatable bonds is 4. The van der Waals surface area contributed by atoms with Gasteiger partial charge >= 0.3 is 0 Å². The highest BCUT2D eigenvalue weighted by molar-refractivity contribution is 6.35. The van der Waals surface area contributed by atoms with Crippen LogP contribution in [-0.4, -0.2) is 12.0 Å². The molecule has 19 heavy (non-hydrogen) atoms. The Kier molecular flexibility index (Phi) is 4.67. The third-order valence-electron chi connectivity index (χ3n) is 3.23. The molecule has 2 nitrogen and oxygen atoms in total. The fourth-order valence-electron chi connectivity index (χ4n) is 2.22. The van der Waals surface area contributed by atoms with Crippen LogP contribution in [0, 0.1) is 0 Å². The smallest absolute Gasteiger partial charge is 0.0555 e. The van der Waals surface area contributed by atoms with Crippen LogP contribution in [-0.2, 0) is 0 Å². The van der Waals surface area contributed by atoms with E-state index in [1.165, 1.54) is 0 Å². The summed E-state index contributed by atoms with van der Waals surface area (Å²) in [6.45, 7) is 2.14. The molecule has 0 saturated heterocycles. The van der Waals surface area contributed by atoms with E-state index in [2.05, 4.69) is 23.9 Å². The molecular formula is C15H16Cl2N2. The van der Waals surface area contributed by atoms with Crippen LogP contribution in [0.5, 0.6) is 0 Å². The molecule has 4 heteroatoms. The molecule has 0 aliphatic rings. The Morgan fingerprint density at radius 3 is 2.63 bits per heavy atom. The van der Waals surface area contributed by atoms with Crippen molar-refractivity contribution >= 4 is 28.9 Å². The maximum absolute atomic E-state index is 6.31. The summed E-state index contributed by atoms with van der Waals surface area (Å²) in [6.07, 6.45) is 4.58. The van der Waals surface area contributed by atoms with Gasteiger partial charge in [0.2, 0.25) is 0 Å². The molecule has 2 aromatic rings. The third-order valence-corrected chi connectivity index (χ3v) is 3.79. The van der Waals surface area contributed by atoms with Crippen molar-refractivity contribution in [1.29, 1.82) is 0 Å². The van der Waals surface area contributed by atoms with Gasteiger partial charge in [-0.1, -0.05) is 36.2 Å². The molecule has 1 atom stereocenters. The van der Waals surface area contributed by atoms with E-state index in [1.807, 2.05) is 30.5 Å². The Morgan fingerprint density at radius 1 is 1.26 bits per heavy atom. The summed E-state index contributed by atoms with van der Waals surface area (Å²) in [6, 6.07) is 9.84. The molecule has 1 unspecified atom stereocenters. The van der Waals surface area contributed by atoms with Crippen molar-refractivity contribution in [3.63, 3.8) is 0 Å². The Balaban J connectivity index is 2.34. The number of halogens is 2. The number of hydrogen-bond acceptors (Lipinski definition) is 2. The average molecular weight is 295 g/mol. The Labute approximate surface area is 124 Å². The normalized spacial score (nSPS) is 12.2. The van der Waals surface area contributed by atoms with E-state index in [0.29, 0.717) is 10.0 Å². The van der Waals surface area contributed by atoms with E-state index in [-0.39, 0.29) is 6.04 Å². The van der Waals surface area contributed by atoms with Crippen molar-refractivity contribution in [1.82, 2.24) is 4.98 Å². The molecule has 0 fully saturated rings. The van der Waals surface area contributed by atoms with Gasteiger partial charge in [0.1, 0.15) is 0 Å². The summed E-state index contributed by atoms with van der Waals surface area (Å²) < 4.78 is 0. The second-order valence-corrected chi connectivity index (χ2v) is 5.26. The number of anilines is 1. The van der Waals surface area contributed by atoms with Gasteiger partial charge < -0.3 is 4.90 Å². The summed E-state index contributed by atoms with van der Waals surface area (Å²) in [5.41, 5.74) is 2.15. The van der Waals surface area contributed by atoms with Crippen LogP contribution in [0.2, 0.25) is 10.0 Å². The maximum atomic E-state index is 6.31. The topological polar surface area (TPSA) is 16.1 Å². The first kappa shape index (κ1) is 14.2. The van der Waals surface area contributed by atoms with Crippen LogP contribution < -0.4 is 4.90 Å². The first-order valence-electron chi connectivity index (χ1n) is 6.21. The van der Waals surface area contributed by atoms with Gasteiger partial charge in [-0.05, 0) is 36.2 Å². The van der Waals surface area contributed by atoms with Crippen molar-refractivity contribution in [2.75, 3.05) is 11.9 Å². The highest BCUT2D eigenvalue weighted by Gasteiger charge is 2.18. The lowest BCUT2D eigenvalue weighted by atomic mass is 10.0. The first-order chi connectivity index (χ1) is 9.13. The summed E-state index contributed by atoms with van der Waals surface area (Å²) >= 11 is 12.3. The van der Waals surface area contributed by atoms with E-state index in [4.69, 9.17) is 23.2 Å². The van der Waals surface area contributed by atoms with Crippen molar-refractivity contribution in [3.05, 3.63) is 58.3 Å². The van der Waals surface area contributed by atoms with E-state index >= 15 is 0 Å². The summed E-state index contributed by atoms with van der Waals surface area (Å²) in [5, 5.41) is 1.36. The molecule has 0 saturated carbocycles. The van der Waals surface area contributed by atoms with Crippen molar-refractivity contribution in [2.24, 2.45) is 0 Å². The predicted molar refractivity (Wildman–Crippen MR) is 82.1 cm³/mol. The van der Waals surface area contributed by atoms with Gasteiger partial charge in [0.05, 0.1) is 17.9 Å². The average Bonchev–Trinajstić information content (AvgIpc) is 2.42. The lowest BCUT2D eigenvalue weighted by Gasteiger charge is -2.30. The molecule has 0 spiro atoms. The molecule has 1 heterocycles. The monoisotopic (exact) mass is 294 g/mol. The highest BCUT2D eigenvalue weighted by atomic mass is 35.5. The largest absolute Gasteiger partial charge is 0.366 e. The number of benzene rings is 1. The molecule has 0 aliphatic heterocycles. The highest BCUT2D eigenvalue weighted by Crippen LogP contribution is 2.33. The molecule has 1 aromatic carbocycles. The lowest BCUT2D eigenvalue weighted by molar-refractivity contribution is 0.648. The van der Waals surface area contributed by atoms with Crippen LogP contribution in [0.3, 0.4) is 0 Å². The number of aromatic nitrogens is 1. The minimum absolute atomic E-state index is 0.203. The van der Waals surface area contributed by atoms with Crippen molar-refractivity contribution in [2.45, 2.75) is 19.4 Å². The van der Waals surface area contributed by atoms with Gasteiger partial charge in [0.25, 0.3) is 0 Å². The van der Waals surface area contributed by atoms with Crippen LogP contribution >= 0.6 is 23.2 Å². The van der Waals surface area contributed by atoms with Crippen molar-refractivity contribution in [3.8, 4) is 0 Å². The summed E-state index contributed by atoms with van der Waals surface area (Å²) in [7, 11) is 2.05. The summed E-state index contributed by atoms with van der Waals surface area (Å²) in [4.78, 5) is 6.34. The second-order valence-electron chi connectivity index (χ2n) is 4.41. The van der Waals surface area contributed by atoms with E-state index in [0.717, 1.165) is 17.7 Å². The molecule has 100 valence electrons. The van der Waals surface area contributed by atoms with Gasteiger partial charge in [0, 0.05) is 23.3 Å². The zero-order valence-corrected chi connectivity index (χ0v) is 12.5. The molecule has 1 aromatic heterocycles. The zero-order chi connectivity index (χ0) is 13.8. The number of pyridine rings is 1. The van der Waals surface area contributed by atoms with Crippen LogP contribution in [0.1, 0.15) is 24.9 Å². The molecule has 0 N–H and O–H groups in total.